The van der Waals surface area contributed by atoms with Gasteiger partial charge in [0.1, 0.15) is 6.67 Å². The molecule has 0 saturated carbocycles. The number of fused-ring (bicyclic) bond motifs is 1. The number of aromatic nitrogens is 2. The van der Waals surface area contributed by atoms with Crippen LogP contribution in [0.4, 0.5) is 4.39 Å². The van der Waals surface area contributed by atoms with Gasteiger partial charge in [-0.1, -0.05) is 6.07 Å². The molecule has 1 aromatic heterocycles. The van der Waals surface area contributed by atoms with Crippen LogP contribution in [0.25, 0.3) is 10.9 Å². The third kappa shape index (κ3) is 1.76. The highest BCUT2D eigenvalue weighted by molar-refractivity contribution is 5.94. The molecule has 4 nitrogen and oxygen atoms in total. The van der Waals surface area contributed by atoms with Crippen LogP contribution in [0.15, 0.2) is 24.4 Å². The van der Waals surface area contributed by atoms with Crippen molar-refractivity contribution in [2.75, 3.05) is 13.8 Å². The number of carbonyl (C=O) groups excluding carboxylic acids is 1. The van der Waals surface area contributed by atoms with E-state index in [0.29, 0.717) is 5.56 Å². The molecule has 84 valence electrons. The normalized spacial score (nSPS) is 10.6. The van der Waals surface area contributed by atoms with Crippen LogP contribution in [0.3, 0.4) is 0 Å². The van der Waals surface area contributed by atoms with E-state index in [1.807, 2.05) is 0 Å². The summed E-state index contributed by atoms with van der Waals surface area (Å²) in [6.07, 6.45) is 1.64. The molecule has 0 aliphatic rings. The summed E-state index contributed by atoms with van der Waals surface area (Å²) < 4.78 is 18.4. The molecule has 0 bridgehead atoms. The lowest BCUT2D eigenvalue weighted by molar-refractivity contribution is 0.0601. The molecule has 1 aromatic carbocycles. The molecule has 0 N–H and O–H groups in total. The van der Waals surface area contributed by atoms with Gasteiger partial charge in [-0.05, 0) is 12.1 Å². The molecule has 16 heavy (non-hydrogen) atoms. The Morgan fingerprint density at radius 3 is 3.06 bits per heavy atom. The number of nitrogens with zero attached hydrogens (tertiary/aromatic N) is 2. The minimum Gasteiger partial charge on any atom is -0.465 e. The Morgan fingerprint density at radius 1 is 1.56 bits per heavy atom. The fourth-order valence-corrected chi connectivity index (χ4v) is 1.57. The number of halogens is 1. The number of esters is 1. The average Bonchev–Trinajstić information content (AvgIpc) is 2.71. The predicted molar refractivity (Wildman–Crippen MR) is 57.0 cm³/mol. The number of benzene rings is 1. The van der Waals surface area contributed by atoms with Gasteiger partial charge in [0.05, 0.1) is 30.9 Å². The number of hydrogen-bond donors (Lipinski definition) is 0. The van der Waals surface area contributed by atoms with Crippen LogP contribution in [-0.2, 0) is 11.3 Å². The van der Waals surface area contributed by atoms with Gasteiger partial charge in [-0.3, -0.25) is 4.68 Å². The lowest BCUT2D eigenvalue weighted by atomic mass is 10.2. The first-order valence-corrected chi connectivity index (χ1v) is 4.86. The molecule has 0 amide bonds. The third-order valence-electron chi connectivity index (χ3n) is 2.36. The number of aryl methyl sites for hydroxylation is 1. The smallest absolute Gasteiger partial charge is 0.337 e. The van der Waals surface area contributed by atoms with Gasteiger partial charge < -0.3 is 4.74 Å². The molecule has 0 saturated heterocycles. The second kappa shape index (κ2) is 4.30. The standard InChI is InChI=1S/C11H11FN2O2/c1-16-11(15)8-2-3-9-7-13-14(5-4-12)10(9)6-8/h2-3,6-7H,4-5H2,1H3. The van der Waals surface area contributed by atoms with Crippen molar-refractivity contribution in [3.8, 4) is 0 Å². The van der Waals surface area contributed by atoms with Gasteiger partial charge >= 0.3 is 5.97 Å². The van der Waals surface area contributed by atoms with Gasteiger partial charge in [0, 0.05) is 5.39 Å². The van der Waals surface area contributed by atoms with E-state index in [4.69, 9.17) is 0 Å². The maximum Gasteiger partial charge on any atom is 0.337 e. The van der Waals surface area contributed by atoms with Crippen LogP contribution in [0.5, 0.6) is 0 Å². The molecule has 0 aliphatic carbocycles. The molecule has 5 heteroatoms. The summed E-state index contributed by atoms with van der Waals surface area (Å²) in [6.45, 7) is -0.298. The highest BCUT2D eigenvalue weighted by Crippen LogP contribution is 2.16. The molecule has 0 radical (unpaired) electrons. The Morgan fingerprint density at radius 2 is 2.38 bits per heavy atom. The molecular weight excluding hydrogens is 211 g/mol. The summed E-state index contributed by atoms with van der Waals surface area (Å²) >= 11 is 0. The first-order valence-electron chi connectivity index (χ1n) is 4.86. The van der Waals surface area contributed by atoms with Gasteiger partial charge in [-0.15, -0.1) is 0 Å². The first kappa shape index (κ1) is 10.6. The maximum atomic E-state index is 12.3. The minimum atomic E-state index is -0.487. The summed E-state index contributed by atoms with van der Waals surface area (Å²) in [4.78, 5) is 11.3. The summed E-state index contributed by atoms with van der Waals surface area (Å²) in [6, 6.07) is 5.09. The van der Waals surface area contributed by atoms with Crippen molar-refractivity contribution < 1.29 is 13.9 Å². The molecule has 0 spiro atoms. The van der Waals surface area contributed by atoms with Gasteiger partial charge in [0.25, 0.3) is 0 Å². The Labute approximate surface area is 91.6 Å². The summed E-state index contributed by atoms with van der Waals surface area (Å²) in [7, 11) is 1.32. The van der Waals surface area contributed by atoms with Crippen LogP contribution >= 0.6 is 0 Å². The van der Waals surface area contributed by atoms with Crippen LogP contribution in [0.2, 0.25) is 0 Å². The number of ether oxygens (including phenoxy) is 1. The van der Waals surface area contributed by atoms with Crippen LogP contribution in [-0.4, -0.2) is 29.5 Å². The summed E-state index contributed by atoms with van der Waals surface area (Å²) in [5, 5.41) is 4.91. The molecule has 2 aromatic rings. The van der Waals surface area contributed by atoms with Gasteiger partial charge in [0.15, 0.2) is 0 Å². The van der Waals surface area contributed by atoms with Crippen molar-refractivity contribution in [3.63, 3.8) is 0 Å². The number of methoxy groups -OCH3 is 1. The summed E-state index contributed by atoms with van der Waals surface area (Å²) in [5.41, 5.74) is 1.18. The van der Waals surface area contributed by atoms with E-state index in [0.717, 1.165) is 10.9 Å². The average molecular weight is 222 g/mol. The Hall–Kier alpha value is -1.91. The monoisotopic (exact) mass is 222 g/mol. The van der Waals surface area contributed by atoms with Crippen molar-refractivity contribution >= 4 is 16.9 Å². The van der Waals surface area contributed by atoms with Gasteiger partial charge in [0.2, 0.25) is 0 Å². The predicted octanol–water partition coefficient (Wildman–Crippen LogP) is 1.79. The molecule has 0 atom stereocenters. The zero-order chi connectivity index (χ0) is 11.5. The number of carbonyl (C=O) groups is 1. The van der Waals surface area contributed by atoms with Crippen molar-refractivity contribution in [2.24, 2.45) is 0 Å². The summed E-state index contributed by atoms with van der Waals surface area (Å²) in [5.74, 6) is -0.408. The van der Waals surface area contributed by atoms with E-state index in [1.54, 1.807) is 24.4 Å². The van der Waals surface area contributed by atoms with Crippen LogP contribution < -0.4 is 0 Å². The SMILES string of the molecule is COC(=O)c1ccc2cnn(CCF)c2c1. The Bertz CT molecular complexity index is 522. The second-order valence-corrected chi connectivity index (χ2v) is 3.32. The zero-order valence-electron chi connectivity index (χ0n) is 8.81. The van der Waals surface area contributed by atoms with E-state index >= 15 is 0 Å². The molecule has 1 heterocycles. The molecular formula is C11H11FN2O2. The van der Waals surface area contributed by atoms with Crippen molar-refractivity contribution in [1.82, 2.24) is 9.78 Å². The van der Waals surface area contributed by atoms with E-state index in [-0.39, 0.29) is 6.54 Å². The van der Waals surface area contributed by atoms with E-state index in [9.17, 15) is 9.18 Å². The Balaban J connectivity index is 2.49. The van der Waals surface area contributed by atoms with E-state index in [2.05, 4.69) is 9.84 Å². The lowest BCUT2D eigenvalue weighted by Gasteiger charge is -2.02. The lowest BCUT2D eigenvalue weighted by Crippen LogP contribution is -2.04. The quantitative estimate of drug-likeness (QED) is 0.744. The van der Waals surface area contributed by atoms with Crippen molar-refractivity contribution in [2.45, 2.75) is 6.54 Å². The van der Waals surface area contributed by atoms with Gasteiger partial charge in [-0.2, -0.15) is 5.10 Å². The molecule has 0 unspecified atom stereocenters. The fourth-order valence-electron chi connectivity index (χ4n) is 1.57. The highest BCUT2D eigenvalue weighted by Gasteiger charge is 2.08. The largest absolute Gasteiger partial charge is 0.465 e. The fraction of sp³-hybridized carbons (Fsp3) is 0.273. The Kier molecular flexibility index (Phi) is 2.85. The van der Waals surface area contributed by atoms with Crippen LogP contribution in [0, 0.1) is 0 Å². The number of alkyl halides is 1. The van der Waals surface area contributed by atoms with Gasteiger partial charge in [-0.25, -0.2) is 9.18 Å². The zero-order valence-corrected chi connectivity index (χ0v) is 8.81. The second-order valence-electron chi connectivity index (χ2n) is 3.32. The number of rotatable bonds is 3. The molecule has 0 aliphatic heterocycles. The van der Waals surface area contributed by atoms with E-state index in [1.165, 1.54) is 11.8 Å². The highest BCUT2D eigenvalue weighted by atomic mass is 19.1. The first-order chi connectivity index (χ1) is 7.76. The maximum absolute atomic E-state index is 12.3. The van der Waals surface area contributed by atoms with Crippen molar-refractivity contribution in [1.29, 1.82) is 0 Å². The van der Waals surface area contributed by atoms with Crippen LogP contribution in [0.1, 0.15) is 10.4 Å². The molecule has 0 fully saturated rings. The third-order valence-corrected chi connectivity index (χ3v) is 2.36. The minimum absolute atomic E-state index is 0.189. The topological polar surface area (TPSA) is 44.1 Å². The van der Waals surface area contributed by atoms with Crippen molar-refractivity contribution in [3.05, 3.63) is 30.0 Å². The van der Waals surface area contributed by atoms with E-state index < -0.39 is 12.6 Å². The molecule has 2 rings (SSSR count). The number of hydrogen-bond acceptors (Lipinski definition) is 3.